The number of aliphatic hydroxyl groups excluding tert-OH is 1. The van der Waals surface area contributed by atoms with Gasteiger partial charge in [-0.05, 0) is 34.4 Å². The van der Waals surface area contributed by atoms with Crippen LogP contribution in [0, 0.1) is 0 Å². The third-order valence-corrected chi connectivity index (χ3v) is 4.19. The summed E-state index contributed by atoms with van der Waals surface area (Å²) >= 11 is 0. The van der Waals surface area contributed by atoms with Crippen LogP contribution in [0.3, 0.4) is 0 Å². The fraction of sp³-hybridized carbons (Fsp3) is 1.00. The summed E-state index contributed by atoms with van der Waals surface area (Å²) in [6.07, 6.45) is 2.01. The van der Waals surface area contributed by atoms with Gasteiger partial charge in [0.1, 0.15) is 9.84 Å². The molecule has 0 bridgehead atoms. The van der Waals surface area contributed by atoms with Crippen molar-refractivity contribution in [2.24, 2.45) is 0 Å². The molecule has 2 unspecified atom stereocenters. The largest absolute Gasteiger partial charge is 0.394 e. The van der Waals surface area contributed by atoms with Crippen LogP contribution in [0.15, 0.2) is 0 Å². The summed E-state index contributed by atoms with van der Waals surface area (Å²) in [5.41, 5.74) is -0.321. The lowest BCUT2D eigenvalue weighted by atomic mass is 9.94. The number of hydrogen-bond donors (Lipinski definition) is 2. The molecule has 0 saturated heterocycles. The van der Waals surface area contributed by atoms with Gasteiger partial charge in [0.15, 0.2) is 0 Å². The van der Waals surface area contributed by atoms with E-state index in [4.69, 9.17) is 0 Å². The fourth-order valence-corrected chi connectivity index (χ4v) is 2.20. The number of sulfone groups is 1. The number of hydrogen-bond acceptors (Lipinski definition) is 5. The summed E-state index contributed by atoms with van der Waals surface area (Å²) in [4.78, 5) is 2.01. The topological polar surface area (TPSA) is 69.6 Å². The molecule has 0 rings (SSSR count). The van der Waals surface area contributed by atoms with Crippen molar-refractivity contribution in [3.8, 4) is 0 Å². The molecule has 104 valence electrons. The highest BCUT2D eigenvalue weighted by molar-refractivity contribution is 7.90. The predicted octanol–water partition coefficient (Wildman–Crippen LogP) is -0.288. The first-order valence-corrected chi connectivity index (χ1v) is 7.87. The molecular weight excluding hydrogens is 240 g/mol. The summed E-state index contributed by atoms with van der Waals surface area (Å²) in [5.74, 6) is 0.170. The normalized spacial score (nSPS) is 18.1. The van der Waals surface area contributed by atoms with Gasteiger partial charge >= 0.3 is 0 Å². The standard InChI is InChI=1S/C11H26N2O3S/c1-10(8-11(2,9-14)12-3)13(4)6-7-17(5,15)16/h10,12,14H,6-9H2,1-5H3. The summed E-state index contributed by atoms with van der Waals surface area (Å²) in [6.45, 7) is 4.57. The van der Waals surface area contributed by atoms with E-state index in [2.05, 4.69) is 5.32 Å². The Balaban J connectivity index is 4.27. The van der Waals surface area contributed by atoms with Crippen molar-refractivity contribution < 1.29 is 13.5 Å². The first-order valence-electron chi connectivity index (χ1n) is 5.81. The van der Waals surface area contributed by atoms with Crippen molar-refractivity contribution in [1.82, 2.24) is 10.2 Å². The van der Waals surface area contributed by atoms with E-state index in [0.29, 0.717) is 6.54 Å². The third-order valence-electron chi connectivity index (χ3n) is 3.27. The van der Waals surface area contributed by atoms with Gasteiger partial charge in [0.05, 0.1) is 12.4 Å². The number of nitrogens with one attached hydrogen (secondary N) is 1. The quantitative estimate of drug-likeness (QED) is 0.632. The van der Waals surface area contributed by atoms with Gasteiger partial charge in [-0.3, -0.25) is 0 Å². The second-order valence-corrected chi connectivity index (χ2v) is 7.39. The molecule has 0 saturated carbocycles. The molecule has 2 atom stereocenters. The van der Waals surface area contributed by atoms with Crippen LogP contribution in [0.25, 0.3) is 0 Å². The van der Waals surface area contributed by atoms with Gasteiger partial charge in [0.25, 0.3) is 0 Å². The number of aliphatic hydroxyl groups is 1. The maximum Gasteiger partial charge on any atom is 0.148 e. The first kappa shape index (κ1) is 16.8. The third kappa shape index (κ3) is 6.98. The van der Waals surface area contributed by atoms with Gasteiger partial charge < -0.3 is 15.3 Å². The second kappa shape index (κ2) is 6.68. The molecular formula is C11H26N2O3S. The van der Waals surface area contributed by atoms with Crippen molar-refractivity contribution in [1.29, 1.82) is 0 Å². The molecule has 0 aliphatic carbocycles. The van der Waals surface area contributed by atoms with Gasteiger partial charge in [-0.15, -0.1) is 0 Å². The Morgan fingerprint density at radius 2 is 2.00 bits per heavy atom. The summed E-state index contributed by atoms with van der Waals surface area (Å²) in [5, 5.41) is 12.4. The molecule has 0 aromatic heterocycles. The maximum absolute atomic E-state index is 11.1. The lowest BCUT2D eigenvalue weighted by molar-refractivity contribution is 0.135. The lowest BCUT2D eigenvalue weighted by Crippen LogP contribution is -2.48. The summed E-state index contributed by atoms with van der Waals surface area (Å²) in [7, 11) is 0.811. The Labute approximate surface area is 105 Å². The zero-order valence-corrected chi connectivity index (χ0v) is 12.3. The summed E-state index contributed by atoms with van der Waals surface area (Å²) < 4.78 is 22.2. The van der Waals surface area contributed by atoms with Crippen LogP contribution in [0.5, 0.6) is 0 Å². The predicted molar refractivity (Wildman–Crippen MR) is 71.0 cm³/mol. The molecule has 0 aromatic rings. The van der Waals surface area contributed by atoms with E-state index in [-0.39, 0.29) is 23.9 Å². The molecule has 0 aliphatic heterocycles. The smallest absolute Gasteiger partial charge is 0.148 e. The molecule has 6 heteroatoms. The zero-order valence-electron chi connectivity index (χ0n) is 11.5. The minimum atomic E-state index is -2.91. The van der Waals surface area contributed by atoms with Gasteiger partial charge in [0, 0.05) is 24.4 Å². The van der Waals surface area contributed by atoms with E-state index in [9.17, 15) is 13.5 Å². The van der Waals surface area contributed by atoms with E-state index in [1.54, 1.807) is 0 Å². The Morgan fingerprint density at radius 3 is 2.35 bits per heavy atom. The van der Waals surface area contributed by atoms with Crippen LogP contribution in [0.4, 0.5) is 0 Å². The van der Waals surface area contributed by atoms with Crippen LogP contribution < -0.4 is 5.32 Å². The highest BCUT2D eigenvalue weighted by Crippen LogP contribution is 2.14. The van der Waals surface area contributed by atoms with Crippen molar-refractivity contribution in [3.05, 3.63) is 0 Å². The minimum Gasteiger partial charge on any atom is -0.394 e. The van der Waals surface area contributed by atoms with E-state index < -0.39 is 9.84 Å². The molecule has 0 radical (unpaired) electrons. The first-order chi connectivity index (χ1) is 7.63. The minimum absolute atomic E-state index is 0.0633. The van der Waals surface area contributed by atoms with Crippen LogP contribution in [-0.2, 0) is 9.84 Å². The van der Waals surface area contributed by atoms with Crippen LogP contribution in [-0.4, -0.2) is 69.3 Å². The van der Waals surface area contributed by atoms with Crippen molar-refractivity contribution in [3.63, 3.8) is 0 Å². The molecule has 0 amide bonds. The van der Waals surface area contributed by atoms with E-state index >= 15 is 0 Å². The Kier molecular flexibility index (Phi) is 6.61. The highest BCUT2D eigenvalue weighted by atomic mass is 32.2. The van der Waals surface area contributed by atoms with Gasteiger partial charge in [-0.2, -0.15) is 0 Å². The van der Waals surface area contributed by atoms with Gasteiger partial charge in [-0.1, -0.05) is 0 Å². The summed E-state index contributed by atoms with van der Waals surface area (Å²) in [6, 6.07) is 0.210. The number of likely N-dealkylation sites (N-methyl/N-ethyl adjacent to an activating group) is 1. The molecule has 0 spiro atoms. The van der Waals surface area contributed by atoms with Crippen LogP contribution in [0.1, 0.15) is 20.3 Å². The van der Waals surface area contributed by atoms with Crippen LogP contribution >= 0.6 is 0 Å². The molecule has 2 N–H and O–H groups in total. The average Bonchev–Trinajstić information content (AvgIpc) is 2.24. The van der Waals surface area contributed by atoms with Crippen molar-refractivity contribution in [2.75, 3.05) is 39.3 Å². The molecule has 0 heterocycles. The Bertz CT molecular complexity index is 313. The molecule has 0 fully saturated rings. The Morgan fingerprint density at radius 1 is 1.47 bits per heavy atom. The Hall–Kier alpha value is -0.170. The van der Waals surface area contributed by atoms with E-state index in [1.165, 1.54) is 6.26 Å². The van der Waals surface area contributed by atoms with Gasteiger partial charge in [-0.25, -0.2) is 8.42 Å². The lowest BCUT2D eigenvalue weighted by Gasteiger charge is -2.34. The highest BCUT2D eigenvalue weighted by Gasteiger charge is 2.25. The zero-order chi connectivity index (χ0) is 13.7. The SMILES string of the molecule is CNC(C)(CO)CC(C)N(C)CCS(C)(=O)=O. The van der Waals surface area contributed by atoms with Crippen LogP contribution in [0.2, 0.25) is 0 Å². The molecule has 0 aliphatic rings. The van der Waals surface area contributed by atoms with Crippen molar-refractivity contribution in [2.45, 2.75) is 31.8 Å². The molecule has 5 nitrogen and oxygen atoms in total. The van der Waals surface area contributed by atoms with Crippen molar-refractivity contribution >= 4 is 9.84 Å². The number of rotatable bonds is 8. The monoisotopic (exact) mass is 266 g/mol. The fourth-order valence-electron chi connectivity index (χ4n) is 1.58. The number of nitrogens with zero attached hydrogens (tertiary/aromatic N) is 1. The van der Waals surface area contributed by atoms with E-state index in [0.717, 1.165) is 6.42 Å². The molecule has 17 heavy (non-hydrogen) atoms. The van der Waals surface area contributed by atoms with E-state index in [1.807, 2.05) is 32.8 Å². The second-order valence-electron chi connectivity index (χ2n) is 5.13. The van der Waals surface area contributed by atoms with Gasteiger partial charge in [0.2, 0.25) is 0 Å². The molecule has 0 aromatic carbocycles. The average molecular weight is 266 g/mol. The maximum atomic E-state index is 11.1.